The maximum Gasteiger partial charge on any atom is 0.267 e. The van der Waals surface area contributed by atoms with Crippen molar-refractivity contribution in [3.05, 3.63) is 64.8 Å². The Hall–Kier alpha value is -3.08. The van der Waals surface area contributed by atoms with Crippen LogP contribution in [0.5, 0.6) is 0 Å². The van der Waals surface area contributed by atoms with Crippen LogP contribution in [0.25, 0.3) is 10.9 Å². The highest BCUT2D eigenvalue weighted by atomic mass is 16.2. The van der Waals surface area contributed by atoms with E-state index in [1.54, 1.807) is 0 Å². The summed E-state index contributed by atoms with van der Waals surface area (Å²) >= 11 is 0. The van der Waals surface area contributed by atoms with E-state index in [2.05, 4.69) is 61.1 Å². The standard InChI is InChI=1S/C27H33N3O2/c1-17(2)15-28-27(32)25-14-21-13-23(29-26(31)20-6-5-7-20)10-11-24(21)30(25)16-22-12-18(3)8-9-19(22)4/h8-14,17,20H,5-7,15-16H2,1-4H3,(H,28,32)(H,29,31). The molecule has 2 N–H and O–H groups in total. The van der Waals surface area contributed by atoms with Gasteiger partial charge in [-0.05, 0) is 68.0 Å². The zero-order valence-electron chi connectivity index (χ0n) is 19.5. The van der Waals surface area contributed by atoms with Crippen LogP contribution in [0.1, 0.15) is 60.3 Å². The van der Waals surface area contributed by atoms with Crippen molar-refractivity contribution >= 4 is 28.4 Å². The van der Waals surface area contributed by atoms with Crippen molar-refractivity contribution in [2.75, 3.05) is 11.9 Å². The Labute approximate surface area is 190 Å². The topological polar surface area (TPSA) is 63.1 Å². The molecule has 5 nitrogen and oxygen atoms in total. The number of anilines is 1. The van der Waals surface area contributed by atoms with Gasteiger partial charge in [-0.2, -0.15) is 0 Å². The molecule has 0 radical (unpaired) electrons. The normalized spacial score (nSPS) is 13.9. The van der Waals surface area contributed by atoms with E-state index in [4.69, 9.17) is 0 Å². The molecular weight excluding hydrogens is 398 g/mol. The third-order valence-electron chi connectivity index (χ3n) is 6.38. The number of rotatable bonds is 7. The summed E-state index contributed by atoms with van der Waals surface area (Å²) in [6.45, 7) is 9.62. The lowest BCUT2D eigenvalue weighted by molar-refractivity contribution is -0.122. The van der Waals surface area contributed by atoms with Crippen molar-refractivity contribution in [3.8, 4) is 0 Å². The summed E-state index contributed by atoms with van der Waals surface area (Å²) in [6.07, 6.45) is 3.08. The van der Waals surface area contributed by atoms with Crippen LogP contribution >= 0.6 is 0 Å². The van der Waals surface area contributed by atoms with Gasteiger partial charge < -0.3 is 15.2 Å². The van der Waals surface area contributed by atoms with Gasteiger partial charge in [-0.1, -0.05) is 44.0 Å². The number of nitrogens with zero attached hydrogens (tertiary/aromatic N) is 1. The number of benzene rings is 2. The maximum atomic E-state index is 13.1. The summed E-state index contributed by atoms with van der Waals surface area (Å²) in [5.74, 6) is 0.543. The highest BCUT2D eigenvalue weighted by Gasteiger charge is 2.25. The van der Waals surface area contributed by atoms with E-state index in [0.717, 1.165) is 35.9 Å². The molecule has 0 unspecified atom stereocenters. The fraction of sp³-hybridized carbons (Fsp3) is 0.407. The lowest BCUT2D eigenvalue weighted by Gasteiger charge is -2.24. The van der Waals surface area contributed by atoms with Crippen LogP contribution in [0, 0.1) is 25.7 Å². The second kappa shape index (κ2) is 9.19. The molecule has 1 heterocycles. The quantitative estimate of drug-likeness (QED) is 0.524. The number of aryl methyl sites for hydroxylation is 2. The Balaban J connectivity index is 1.70. The molecule has 5 heteroatoms. The first-order valence-electron chi connectivity index (χ1n) is 11.6. The van der Waals surface area contributed by atoms with E-state index < -0.39 is 0 Å². The fourth-order valence-corrected chi connectivity index (χ4v) is 4.15. The summed E-state index contributed by atoms with van der Waals surface area (Å²) in [4.78, 5) is 25.5. The first-order valence-corrected chi connectivity index (χ1v) is 11.6. The second-order valence-electron chi connectivity index (χ2n) is 9.54. The van der Waals surface area contributed by atoms with Crippen molar-refractivity contribution in [3.63, 3.8) is 0 Å². The Morgan fingerprint density at radius 3 is 2.53 bits per heavy atom. The van der Waals surface area contributed by atoms with Gasteiger partial charge in [-0.3, -0.25) is 9.59 Å². The van der Waals surface area contributed by atoms with Crippen LogP contribution in [0.3, 0.4) is 0 Å². The molecular formula is C27H33N3O2. The molecule has 0 spiro atoms. The SMILES string of the molecule is Cc1ccc(C)c(Cn2c(C(=O)NCC(C)C)cc3cc(NC(=O)C4CCC4)ccc32)c1. The van der Waals surface area contributed by atoms with Crippen LogP contribution in [0.2, 0.25) is 0 Å². The number of aromatic nitrogens is 1. The lowest BCUT2D eigenvalue weighted by Crippen LogP contribution is -2.29. The summed E-state index contributed by atoms with van der Waals surface area (Å²) in [7, 11) is 0. The minimum atomic E-state index is -0.0692. The van der Waals surface area contributed by atoms with Gasteiger partial charge in [0, 0.05) is 35.6 Å². The Kier molecular flexibility index (Phi) is 6.35. The van der Waals surface area contributed by atoms with Gasteiger partial charge >= 0.3 is 0 Å². The molecule has 32 heavy (non-hydrogen) atoms. The van der Waals surface area contributed by atoms with Gasteiger partial charge in [0.2, 0.25) is 5.91 Å². The predicted molar refractivity (Wildman–Crippen MR) is 130 cm³/mol. The molecule has 2 amide bonds. The fourth-order valence-electron chi connectivity index (χ4n) is 4.15. The number of nitrogens with one attached hydrogen (secondary N) is 2. The molecule has 1 aliphatic rings. The van der Waals surface area contributed by atoms with Crippen molar-refractivity contribution in [2.24, 2.45) is 11.8 Å². The molecule has 1 saturated carbocycles. The van der Waals surface area contributed by atoms with Gasteiger partial charge in [-0.15, -0.1) is 0 Å². The Bertz CT molecular complexity index is 1160. The lowest BCUT2D eigenvalue weighted by atomic mass is 9.85. The average Bonchev–Trinajstić information content (AvgIpc) is 3.05. The predicted octanol–water partition coefficient (Wildman–Crippen LogP) is 5.43. The number of carbonyl (C=O) groups is 2. The van der Waals surface area contributed by atoms with E-state index in [0.29, 0.717) is 24.7 Å². The third-order valence-corrected chi connectivity index (χ3v) is 6.38. The van der Waals surface area contributed by atoms with Gasteiger partial charge in [0.15, 0.2) is 0 Å². The van der Waals surface area contributed by atoms with E-state index in [-0.39, 0.29) is 17.7 Å². The smallest absolute Gasteiger partial charge is 0.267 e. The zero-order chi connectivity index (χ0) is 22.8. The Morgan fingerprint density at radius 2 is 1.84 bits per heavy atom. The summed E-state index contributed by atoms with van der Waals surface area (Å²) in [5.41, 5.74) is 6.02. The Morgan fingerprint density at radius 1 is 1.06 bits per heavy atom. The second-order valence-corrected chi connectivity index (χ2v) is 9.54. The molecule has 168 valence electrons. The van der Waals surface area contributed by atoms with Crippen LogP contribution < -0.4 is 10.6 Å². The zero-order valence-corrected chi connectivity index (χ0v) is 19.5. The van der Waals surface area contributed by atoms with E-state index in [9.17, 15) is 9.59 Å². The van der Waals surface area contributed by atoms with Crippen molar-refractivity contribution < 1.29 is 9.59 Å². The molecule has 0 bridgehead atoms. The number of hydrogen-bond donors (Lipinski definition) is 2. The van der Waals surface area contributed by atoms with Crippen molar-refractivity contribution in [1.82, 2.24) is 9.88 Å². The first kappa shape index (κ1) is 22.1. The van der Waals surface area contributed by atoms with Gasteiger partial charge in [0.05, 0.1) is 0 Å². The van der Waals surface area contributed by atoms with E-state index in [1.807, 2.05) is 24.3 Å². The van der Waals surface area contributed by atoms with Gasteiger partial charge in [-0.25, -0.2) is 0 Å². The summed E-state index contributed by atoms with van der Waals surface area (Å²) in [5, 5.41) is 7.07. The van der Waals surface area contributed by atoms with Crippen LogP contribution in [-0.2, 0) is 11.3 Å². The molecule has 1 aromatic heterocycles. The molecule has 4 rings (SSSR count). The number of fused-ring (bicyclic) bond motifs is 1. The average molecular weight is 432 g/mol. The minimum absolute atomic E-state index is 0.0692. The highest BCUT2D eigenvalue weighted by molar-refractivity contribution is 6.01. The maximum absolute atomic E-state index is 13.1. The minimum Gasteiger partial charge on any atom is -0.351 e. The number of amides is 2. The highest BCUT2D eigenvalue weighted by Crippen LogP contribution is 2.29. The van der Waals surface area contributed by atoms with E-state index in [1.165, 1.54) is 16.7 Å². The molecule has 1 aliphatic carbocycles. The monoisotopic (exact) mass is 431 g/mol. The van der Waals surface area contributed by atoms with Crippen LogP contribution in [-0.4, -0.2) is 22.9 Å². The molecule has 2 aromatic carbocycles. The van der Waals surface area contributed by atoms with Crippen molar-refractivity contribution in [1.29, 1.82) is 0 Å². The van der Waals surface area contributed by atoms with Crippen molar-refractivity contribution in [2.45, 2.75) is 53.5 Å². The molecule has 0 saturated heterocycles. The molecule has 1 fully saturated rings. The summed E-state index contributed by atoms with van der Waals surface area (Å²) < 4.78 is 2.09. The summed E-state index contributed by atoms with van der Waals surface area (Å²) in [6, 6.07) is 14.3. The van der Waals surface area contributed by atoms with E-state index >= 15 is 0 Å². The van der Waals surface area contributed by atoms with Gasteiger partial charge in [0.1, 0.15) is 5.69 Å². The third kappa shape index (κ3) is 4.72. The largest absolute Gasteiger partial charge is 0.351 e. The van der Waals surface area contributed by atoms with Crippen LogP contribution in [0.15, 0.2) is 42.5 Å². The number of carbonyl (C=O) groups excluding carboxylic acids is 2. The molecule has 0 aliphatic heterocycles. The molecule has 3 aromatic rings. The van der Waals surface area contributed by atoms with Gasteiger partial charge in [0.25, 0.3) is 5.91 Å². The number of hydrogen-bond acceptors (Lipinski definition) is 2. The molecule has 0 atom stereocenters. The van der Waals surface area contributed by atoms with Crippen LogP contribution in [0.4, 0.5) is 5.69 Å². The first-order chi connectivity index (χ1) is 15.3.